The Labute approximate surface area is 77.9 Å². The molecular weight excluding hydrogens is 162 g/mol. The van der Waals surface area contributed by atoms with Crippen LogP contribution in [0.15, 0.2) is 29.3 Å². The molecule has 0 unspecified atom stereocenters. The normalized spacial score (nSPS) is 15.2. The molecule has 13 heavy (non-hydrogen) atoms. The topological polar surface area (TPSA) is 41.6 Å². The van der Waals surface area contributed by atoms with Crippen molar-refractivity contribution < 1.29 is 0 Å². The van der Waals surface area contributed by atoms with Gasteiger partial charge < -0.3 is 10.6 Å². The molecule has 1 aliphatic rings. The van der Waals surface area contributed by atoms with Gasteiger partial charge >= 0.3 is 0 Å². The van der Waals surface area contributed by atoms with Gasteiger partial charge in [0.05, 0.1) is 13.1 Å². The SMILES string of the molecule is CN1C(CN)=NCc2ccccc21. The average Bonchev–Trinajstić information content (AvgIpc) is 2.19. The van der Waals surface area contributed by atoms with E-state index in [0.29, 0.717) is 6.54 Å². The maximum absolute atomic E-state index is 5.58. The number of anilines is 1. The average molecular weight is 175 g/mol. The van der Waals surface area contributed by atoms with Crippen molar-refractivity contribution in [2.75, 3.05) is 18.5 Å². The number of hydrogen-bond donors (Lipinski definition) is 1. The number of fused-ring (bicyclic) bond motifs is 1. The molecule has 3 nitrogen and oxygen atoms in total. The second-order valence-electron chi connectivity index (χ2n) is 3.12. The summed E-state index contributed by atoms with van der Waals surface area (Å²) in [6.45, 7) is 1.26. The van der Waals surface area contributed by atoms with Gasteiger partial charge in [-0.2, -0.15) is 0 Å². The van der Waals surface area contributed by atoms with Crippen LogP contribution < -0.4 is 10.6 Å². The number of amidine groups is 1. The molecular formula is C10H13N3. The fourth-order valence-corrected chi connectivity index (χ4v) is 1.59. The fourth-order valence-electron chi connectivity index (χ4n) is 1.59. The molecule has 2 rings (SSSR count). The summed E-state index contributed by atoms with van der Waals surface area (Å²) in [7, 11) is 2.00. The van der Waals surface area contributed by atoms with Gasteiger partial charge in [0.2, 0.25) is 0 Å². The minimum absolute atomic E-state index is 0.505. The monoisotopic (exact) mass is 175 g/mol. The summed E-state index contributed by atoms with van der Waals surface area (Å²) >= 11 is 0. The third-order valence-corrected chi connectivity index (χ3v) is 2.35. The maximum Gasteiger partial charge on any atom is 0.117 e. The predicted octanol–water partition coefficient (Wildman–Crippen LogP) is 0.994. The van der Waals surface area contributed by atoms with Crippen LogP contribution in [-0.2, 0) is 6.54 Å². The molecule has 68 valence electrons. The van der Waals surface area contributed by atoms with Gasteiger partial charge in [-0.3, -0.25) is 4.99 Å². The van der Waals surface area contributed by atoms with Crippen molar-refractivity contribution in [3.8, 4) is 0 Å². The van der Waals surface area contributed by atoms with E-state index in [1.807, 2.05) is 19.2 Å². The number of likely N-dealkylation sites (N-methyl/N-ethyl adjacent to an activating group) is 1. The van der Waals surface area contributed by atoms with E-state index in [9.17, 15) is 0 Å². The van der Waals surface area contributed by atoms with Gasteiger partial charge in [0.1, 0.15) is 5.84 Å². The molecule has 1 aromatic carbocycles. The van der Waals surface area contributed by atoms with Crippen molar-refractivity contribution in [3.05, 3.63) is 29.8 Å². The molecule has 0 amide bonds. The highest BCUT2D eigenvalue weighted by molar-refractivity contribution is 6.00. The molecule has 0 saturated carbocycles. The Morgan fingerprint density at radius 3 is 3.00 bits per heavy atom. The van der Waals surface area contributed by atoms with E-state index < -0.39 is 0 Å². The highest BCUT2D eigenvalue weighted by Crippen LogP contribution is 2.23. The van der Waals surface area contributed by atoms with E-state index >= 15 is 0 Å². The zero-order valence-electron chi connectivity index (χ0n) is 7.70. The minimum atomic E-state index is 0.505. The number of nitrogens with zero attached hydrogens (tertiary/aromatic N) is 2. The second-order valence-corrected chi connectivity index (χ2v) is 3.12. The summed E-state index contributed by atoms with van der Waals surface area (Å²) in [6, 6.07) is 8.27. The Bertz CT molecular complexity index is 344. The first kappa shape index (κ1) is 8.26. The molecule has 0 saturated heterocycles. The van der Waals surface area contributed by atoms with Gasteiger partial charge in [0.15, 0.2) is 0 Å². The number of benzene rings is 1. The largest absolute Gasteiger partial charge is 0.332 e. The van der Waals surface area contributed by atoms with E-state index in [1.165, 1.54) is 11.3 Å². The van der Waals surface area contributed by atoms with Crippen molar-refractivity contribution in [3.63, 3.8) is 0 Å². The van der Waals surface area contributed by atoms with Crippen LogP contribution in [0.2, 0.25) is 0 Å². The molecule has 1 aliphatic heterocycles. The van der Waals surface area contributed by atoms with Crippen molar-refractivity contribution in [1.82, 2.24) is 0 Å². The molecule has 0 bridgehead atoms. The standard InChI is InChI=1S/C10H13N3/c1-13-9-5-3-2-4-8(9)7-12-10(13)6-11/h2-5H,6-7,11H2,1H3. The molecule has 3 heteroatoms. The number of hydrogen-bond acceptors (Lipinski definition) is 3. The lowest BCUT2D eigenvalue weighted by Crippen LogP contribution is -2.35. The van der Waals surface area contributed by atoms with Crippen LogP contribution in [0.1, 0.15) is 5.56 Å². The number of rotatable bonds is 1. The van der Waals surface area contributed by atoms with Crippen molar-refractivity contribution >= 4 is 11.5 Å². The van der Waals surface area contributed by atoms with Crippen LogP contribution in [0.4, 0.5) is 5.69 Å². The number of nitrogens with two attached hydrogens (primary N) is 1. The van der Waals surface area contributed by atoms with Crippen LogP contribution in [0, 0.1) is 0 Å². The lowest BCUT2D eigenvalue weighted by Gasteiger charge is -2.26. The number of para-hydroxylation sites is 1. The molecule has 0 fully saturated rings. The Balaban J connectivity index is 2.41. The van der Waals surface area contributed by atoms with E-state index in [-0.39, 0.29) is 0 Å². The van der Waals surface area contributed by atoms with Crippen LogP contribution in [0.5, 0.6) is 0 Å². The summed E-state index contributed by atoms with van der Waals surface area (Å²) in [5.41, 5.74) is 8.06. The van der Waals surface area contributed by atoms with Gasteiger partial charge in [-0.1, -0.05) is 18.2 Å². The predicted molar refractivity (Wildman–Crippen MR) is 55.0 cm³/mol. The molecule has 1 heterocycles. The van der Waals surface area contributed by atoms with Gasteiger partial charge in [-0.25, -0.2) is 0 Å². The zero-order chi connectivity index (χ0) is 9.26. The van der Waals surface area contributed by atoms with E-state index in [1.54, 1.807) is 0 Å². The lowest BCUT2D eigenvalue weighted by molar-refractivity contribution is 0.977. The Kier molecular flexibility index (Phi) is 2.02. The Morgan fingerprint density at radius 2 is 2.23 bits per heavy atom. The van der Waals surface area contributed by atoms with E-state index in [0.717, 1.165) is 12.4 Å². The summed E-state index contributed by atoms with van der Waals surface area (Å²) in [4.78, 5) is 6.44. The van der Waals surface area contributed by atoms with Gasteiger partial charge in [-0.05, 0) is 11.6 Å². The third-order valence-electron chi connectivity index (χ3n) is 2.35. The molecule has 0 spiro atoms. The van der Waals surface area contributed by atoms with Crippen molar-refractivity contribution in [2.24, 2.45) is 10.7 Å². The Morgan fingerprint density at radius 1 is 1.46 bits per heavy atom. The molecule has 0 aliphatic carbocycles. The Hall–Kier alpha value is -1.35. The summed E-state index contributed by atoms with van der Waals surface area (Å²) in [6.07, 6.45) is 0. The summed E-state index contributed by atoms with van der Waals surface area (Å²) in [5.74, 6) is 0.957. The second kappa shape index (κ2) is 3.18. The number of aliphatic imine (C=N–C) groups is 1. The molecule has 2 N–H and O–H groups in total. The third kappa shape index (κ3) is 1.31. The molecule has 0 atom stereocenters. The van der Waals surface area contributed by atoms with Crippen LogP contribution in [0.25, 0.3) is 0 Å². The van der Waals surface area contributed by atoms with Crippen molar-refractivity contribution in [1.29, 1.82) is 0 Å². The highest BCUT2D eigenvalue weighted by Gasteiger charge is 2.15. The summed E-state index contributed by atoms with van der Waals surface area (Å²) < 4.78 is 0. The first-order valence-electron chi connectivity index (χ1n) is 4.38. The van der Waals surface area contributed by atoms with Crippen LogP contribution in [0.3, 0.4) is 0 Å². The first-order valence-corrected chi connectivity index (χ1v) is 4.38. The quantitative estimate of drug-likeness (QED) is 0.691. The van der Waals surface area contributed by atoms with E-state index in [4.69, 9.17) is 5.73 Å². The first-order chi connectivity index (χ1) is 6.33. The lowest BCUT2D eigenvalue weighted by atomic mass is 10.1. The molecule has 0 aromatic heterocycles. The van der Waals surface area contributed by atoms with Crippen LogP contribution in [-0.4, -0.2) is 19.4 Å². The molecule has 1 aromatic rings. The van der Waals surface area contributed by atoms with Gasteiger partial charge in [-0.15, -0.1) is 0 Å². The smallest absolute Gasteiger partial charge is 0.117 e. The van der Waals surface area contributed by atoms with Crippen molar-refractivity contribution in [2.45, 2.75) is 6.54 Å². The van der Waals surface area contributed by atoms with E-state index in [2.05, 4.69) is 22.0 Å². The molecule has 0 radical (unpaired) electrons. The minimum Gasteiger partial charge on any atom is -0.332 e. The fraction of sp³-hybridized carbons (Fsp3) is 0.300. The van der Waals surface area contributed by atoms with Gasteiger partial charge in [0.25, 0.3) is 0 Å². The highest BCUT2D eigenvalue weighted by atomic mass is 15.2. The summed E-state index contributed by atoms with van der Waals surface area (Å²) in [5, 5.41) is 0. The van der Waals surface area contributed by atoms with Gasteiger partial charge in [0, 0.05) is 12.7 Å². The van der Waals surface area contributed by atoms with Crippen LogP contribution >= 0.6 is 0 Å². The maximum atomic E-state index is 5.58. The zero-order valence-corrected chi connectivity index (χ0v) is 7.70.